The molecule has 0 saturated heterocycles. The van der Waals surface area contributed by atoms with Crippen molar-refractivity contribution < 1.29 is 27.5 Å². The monoisotopic (exact) mass is 661 g/mol. The molecule has 0 unspecified atom stereocenters. The summed E-state index contributed by atoms with van der Waals surface area (Å²) in [6.07, 6.45) is 4.07. The number of carbonyl (C=O) groups is 2. The predicted octanol–water partition coefficient (Wildman–Crippen LogP) is 6.07. The molecule has 3 aromatic rings. The van der Waals surface area contributed by atoms with Gasteiger partial charge >= 0.3 is 0 Å². The van der Waals surface area contributed by atoms with Crippen LogP contribution in [0.3, 0.4) is 0 Å². The Morgan fingerprint density at radius 3 is 2.16 bits per heavy atom. The smallest absolute Gasteiger partial charge is 0.264 e. The van der Waals surface area contributed by atoms with Crippen LogP contribution in [0, 0.1) is 0 Å². The summed E-state index contributed by atoms with van der Waals surface area (Å²) in [6, 6.07) is 16.5. The number of anilines is 1. The zero-order valence-corrected chi connectivity index (χ0v) is 27.3. The zero-order chi connectivity index (χ0) is 31.9. The minimum Gasteiger partial charge on any atom is -0.497 e. The zero-order valence-electron chi connectivity index (χ0n) is 25.0. The average Bonchev–Trinajstić information content (AvgIpc) is 3.54. The van der Waals surface area contributed by atoms with E-state index in [1.807, 2.05) is 0 Å². The van der Waals surface area contributed by atoms with Crippen molar-refractivity contribution >= 4 is 50.7 Å². The highest BCUT2D eigenvalue weighted by atomic mass is 35.5. The third-order valence-corrected chi connectivity index (χ3v) is 10.2. The molecule has 0 spiro atoms. The molecule has 2 amide bonds. The SMILES string of the molecule is CC[C@H](C(=O)NC1CCCC1)N(Cc1c(Cl)cccc1Cl)C(=O)CN(c1ccccc1OC)S(=O)(=O)c1ccc(OC)cc1. The largest absolute Gasteiger partial charge is 0.497 e. The van der Waals surface area contributed by atoms with E-state index < -0.39 is 28.5 Å². The normalized spacial score (nSPS) is 14.1. The van der Waals surface area contributed by atoms with Crippen LogP contribution in [0.1, 0.15) is 44.6 Å². The van der Waals surface area contributed by atoms with Crippen molar-refractivity contribution in [2.45, 2.75) is 62.6 Å². The standard InChI is InChI=1S/C32H37Cl2N3O6S/c1-4-28(32(39)35-22-10-5-6-11-22)36(20-25-26(33)12-9-13-27(25)34)31(38)21-37(29-14-7-8-15-30(29)43-3)44(40,41)24-18-16-23(42-2)17-19-24/h7-9,12-19,22,28H,4-6,10-11,20-21H2,1-3H3,(H,35,39)/t28-/m1/s1. The summed E-state index contributed by atoms with van der Waals surface area (Å²) in [7, 11) is -1.40. The lowest BCUT2D eigenvalue weighted by molar-refractivity contribution is -0.140. The number of methoxy groups -OCH3 is 2. The quantitative estimate of drug-likeness (QED) is 0.238. The lowest BCUT2D eigenvalue weighted by Gasteiger charge is -2.34. The van der Waals surface area contributed by atoms with E-state index in [2.05, 4.69) is 5.32 Å². The van der Waals surface area contributed by atoms with E-state index in [0.29, 0.717) is 21.4 Å². The molecule has 0 heterocycles. The van der Waals surface area contributed by atoms with Crippen LogP contribution in [0.15, 0.2) is 71.6 Å². The van der Waals surface area contributed by atoms with Gasteiger partial charge in [0.25, 0.3) is 10.0 Å². The minimum atomic E-state index is -4.30. The summed E-state index contributed by atoms with van der Waals surface area (Å²) < 4.78 is 40.0. The Morgan fingerprint density at radius 1 is 0.932 bits per heavy atom. The molecular formula is C32H37Cl2N3O6S. The summed E-state index contributed by atoms with van der Waals surface area (Å²) in [5.41, 5.74) is 0.622. The van der Waals surface area contributed by atoms with Gasteiger partial charge in [-0.15, -0.1) is 0 Å². The van der Waals surface area contributed by atoms with Crippen LogP contribution in [0.25, 0.3) is 0 Å². The molecular weight excluding hydrogens is 625 g/mol. The Balaban J connectivity index is 1.77. The van der Waals surface area contributed by atoms with Crippen LogP contribution in [-0.2, 0) is 26.2 Å². The fourth-order valence-corrected chi connectivity index (χ4v) is 7.31. The minimum absolute atomic E-state index is 0.0259. The second kappa shape index (κ2) is 15.0. The van der Waals surface area contributed by atoms with Gasteiger partial charge in [0.15, 0.2) is 0 Å². The van der Waals surface area contributed by atoms with Gasteiger partial charge in [0.05, 0.1) is 24.8 Å². The van der Waals surface area contributed by atoms with Gasteiger partial charge in [-0.25, -0.2) is 8.42 Å². The van der Waals surface area contributed by atoms with Gasteiger partial charge in [0, 0.05) is 28.2 Å². The highest BCUT2D eigenvalue weighted by Crippen LogP contribution is 2.34. The fourth-order valence-electron chi connectivity index (χ4n) is 5.36. The second-order valence-corrected chi connectivity index (χ2v) is 13.2. The first-order valence-electron chi connectivity index (χ1n) is 14.4. The predicted molar refractivity (Wildman–Crippen MR) is 172 cm³/mol. The molecule has 1 aliphatic rings. The van der Waals surface area contributed by atoms with E-state index in [-0.39, 0.29) is 41.2 Å². The molecule has 1 fully saturated rings. The number of nitrogens with one attached hydrogen (secondary N) is 1. The van der Waals surface area contributed by atoms with Crippen LogP contribution in [0.4, 0.5) is 5.69 Å². The van der Waals surface area contributed by atoms with Crippen LogP contribution < -0.4 is 19.1 Å². The molecule has 9 nitrogen and oxygen atoms in total. The Kier molecular flexibility index (Phi) is 11.4. The molecule has 4 rings (SSSR count). The highest BCUT2D eigenvalue weighted by Gasteiger charge is 2.36. The van der Waals surface area contributed by atoms with E-state index in [1.165, 1.54) is 43.4 Å². The van der Waals surface area contributed by atoms with Crippen molar-refractivity contribution in [3.05, 3.63) is 82.3 Å². The van der Waals surface area contributed by atoms with Gasteiger partial charge in [-0.05, 0) is 67.8 Å². The maximum absolute atomic E-state index is 14.4. The molecule has 236 valence electrons. The van der Waals surface area contributed by atoms with Crippen molar-refractivity contribution in [1.29, 1.82) is 0 Å². The molecule has 1 saturated carbocycles. The van der Waals surface area contributed by atoms with Gasteiger partial charge in [0.2, 0.25) is 11.8 Å². The van der Waals surface area contributed by atoms with Gasteiger partial charge in [-0.2, -0.15) is 0 Å². The van der Waals surface area contributed by atoms with Crippen LogP contribution in [0.5, 0.6) is 11.5 Å². The Bertz CT molecular complexity index is 1540. The number of benzene rings is 3. The number of para-hydroxylation sites is 2. The maximum atomic E-state index is 14.4. The van der Waals surface area contributed by atoms with E-state index in [9.17, 15) is 18.0 Å². The summed E-state index contributed by atoms with van der Waals surface area (Å²) in [6.45, 7) is 1.08. The number of nitrogens with zero attached hydrogens (tertiary/aromatic N) is 2. The first kappa shape index (κ1) is 33.4. The van der Waals surface area contributed by atoms with E-state index in [4.69, 9.17) is 32.7 Å². The molecule has 12 heteroatoms. The van der Waals surface area contributed by atoms with Crippen LogP contribution >= 0.6 is 23.2 Å². The number of rotatable bonds is 13. The number of ether oxygens (including phenoxy) is 2. The number of sulfonamides is 1. The van der Waals surface area contributed by atoms with Gasteiger partial charge < -0.3 is 19.7 Å². The maximum Gasteiger partial charge on any atom is 0.264 e. The number of hydrogen-bond donors (Lipinski definition) is 1. The fraction of sp³-hybridized carbons (Fsp3) is 0.375. The van der Waals surface area contributed by atoms with E-state index in [1.54, 1.807) is 49.4 Å². The van der Waals surface area contributed by atoms with Crippen LogP contribution in [-0.4, -0.2) is 58.0 Å². The number of hydrogen-bond acceptors (Lipinski definition) is 6. The molecule has 1 N–H and O–H groups in total. The van der Waals surface area contributed by atoms with Gasteiger partial charge in [0.1, 0.15) is 24.1 Å². The molecule has 0 bridgehead atoms. The van der Waals surface area contributed by atoms with E-state index >= 15 is 0 Å². The Morgan fingerprint density at radius 2 is 1.57 bits per heavy atom. The average molecular weight is 663 g/mol. The molecule has 1 atom stereocenters. The molecule has 44 heavy (non-hydrogen) atoms. The van der Waals surface area contributed by atoms with Crippen molar-refractivity contribution in [3.8, 4) is 11.5 Å². The number of amides is 2. The van der Waals surface area contributed by atoms with Gasteiger partial charge in [-0.1, -0.05) is 61.2 Å². The number of halogens is 2. The Hall–Kier alpha value is -3.47. The third kappa shape index (κ3) is 7.60. The summed E-state index contributed by atoms with van der Waals surface area (Å²) in [5, 5.41) is 3.74. The van der Waals surface area contributed by atoms with Crippen molar-refractivity contribution in [2.24, 2.45) is 0 Å². The molecule has 0 aromatic heterocycles. The second-order valence-electron chi connectivity index (χ2n) is 10.5. The molecule has 0 aliphatic heterocycles. The topological polar surface area (TPSA) is 105 Å². The Labute approximate surface area is 269 Å². The lowest BCUT2D eigenvalue weighted by atomic mass is 10.1. The van der Waals surface area contributed by atoms with Crippen LogP contribution in [0.2, 0.25) is 10.0 Å². The summed E-state index contributed by atoms with van der Waals surface area (Å²) in [5.74, 6) is -0.190. The third-order valence-electron chi connectivity index (χ3n) is 7.76. The van der Waals surface area contributed by atoms with Crippen molar-refractivity contribution in [1.82, 2.24) is 10.2 Å². The first-order chi connectivity index (χ1) is 21.1. The summed E-state index contributed by atoms with van der Waals surface area (Å²) in [4.78, 5) is 29.3. The van der Waals surface area contributed by atoms with E-state index in [0.717, 1.165) is 30.0 Å². The van der Waals surface area contributed by atoms with Crippen molar-refractivity contribution in [3.63, 3.8) is 0 Å². The number of carbonyl (C=O) groups excluding carboxylic acids is 2. The first-order valence-corrected chi connectivity index (χ1v) is 16.6. The molecule has 3 aromatic carbocycles. The molecule has 0 radical (unpaired) electrons. The van der Waals surface area contributed by atoms with Gasteiger partial charge in [-0.3, -0.25) is 13.9 Å². The molecule has 1 aliphatic carbocycles. The summed E-state index contributed by atoms with van der Waals surface area (Å²) >= 11 is 13.0. The van der Waals surface area contributed by atoms with Crippen molar-refractivity contribution in [2.75, 3.05) is 25.1 Å². The highest BCUT2D eigenvalue weighted by molar-refractivity contribution is 7.92. The lowest BCUT2D eigenvalue weighted by Crippen LogP contribution is -2.53.